The van der Waals surface area contributed by atoms with Crippen LogP contribution in [0.5, 0.6) is 0 Å². The highest BCUT2D eigenvalue weighted by Gasteiger charge is 2.30. The number of ether oxygens (including phenoxy) is 1. The SMILES string of the molecule is O=C(N[C@@H]1COC[C@H]1Cc1ccnc2ccccc12)c1ccn2ncnc2c1. The van der Waals surface area contributed by atoms with E-state index in [1.807, 2.05) is 24.4 Å². The first-order valence-electron chi connectivity index (χ1n) is 9.28. The minimum Gasteiger partial charge on any atom is -0.379 e. The maximum Gasteiger partial charge on any atom is 0.251 e. The monoisotopic (exact) mass is 373 g/mol. The van der Waals surface area contributed by atoms with E-state index in [1.165, 1.54) is 11.9 Å². The fourth-order valence-corrected chi connectivity index (χ4v) is 3.78. The fourth-order valence-electron chi connectivity index (χ4n) is 3.78. The Morgan fingerprint density at radius 1 is 1.18 bits per heavy atom. The molecule has 1 amide bonds. The Balaban J connectivity index is 1.34. The van der Waals surface area contributed by atoms with Crippen LogP contribution in [0, 0.1) is 5.92 Å². The van der Waals surface area contributed by atoms with Gasteiger partial charge in [0.25, 0.3) is 5.91 Å². The topological polar surface area (TPSA) is 81.4 Å². The van der Waals surface area contributed by atoms with Gasteiger partial charge >= 0.3 is 0 Å². The maximum absolute atomic E-state index is 12.7. The van der Waals surface area contributed by atoms with Gasteiger partial charge in [0, 0.05) is 29.3 Å². The molecule has 0 spiro atoms. The molecule has 4 heterocycles. The lowest BCUT2D eigenvalue weighted by Gasteiger charge is -2.20. The van der Waals surface area contributed by atoms with Crippen LogP contribution >= 0.6 is 0 Å². The number of amides is 1. The number of para-hydroxylation sites is 1. The van der Waals surface area contributed by atoms with E-state index in [9.17, 15) is 4.79 Å². The van der Waals surface area contributed by atoms with Crippen LogP contribution in [0.1, 0.15) is 15.9 Å². The lowest BCUT2D eigenvalue weighted by atomic mass is 9.93. The number of pyridine rings is 2. The highest BCUT2D eigenvalue weighted by molar-refractivity contribution is 5.95. The first-order valence-corrected chi connectivity index (χ1v) is 9.28. The summed E-state index contributed by atoms with van der Waals surface area (Å²) in [6.45, 7) is 1.15. The summed E-state index contributed by atoms with van der Waals surface area (Å²) in [7, 11) is 0. The lowest BCUT2D eigenvalue weighted by molar-refractivity contribution is 0.0925. The molecule has 7 heteroatoms. The van der Waals surface area contributed by atoms with E-state index in [0.717, 1.165) is 17.3 Å². The highest BCUT2D eigenvalue weighted by Crippen LogP contribution is 2.24. The summed E-state index contributed by atoms with van der Waals surface area (Å²) in [6, 6.07) is 13.6. The third-order valence-corrected chi connectivity index (χ3v) is 5.28. The number of nitrogens with one attached hydrogen (secondary N) is 1. The smallest absolute Gasteiger partial charge is 0.251 e. The van der Waals surface area contributed by atoms with E-state index in [4.69, 9.17) is 4.74 Å². The molecule has 1 fully saturated rings. The zero-order valence-electron chi connectivity index (χ0n) is 15.2. The molecule has 1 aliphatic rings. The normalized spacial score (nSPS) is 19.3. The van der Waals surface area contributed by atoms with Crippen molar-refractivity contribution in [2.24, 2.45) is 5.92 Å². The van der Waals surface area contributed by atoms with E-state index in [1.54, 1.807) is 22.8 Å². The van der Waals surface area contributed by atoms with E-state index in [-0.39, 0.29) is 17.9 Å². The van der Waals surface area contributed by atoms with Crippen LogP contribution < -0.4 is 5.32 Å². The molecular weight excluding hydrogens is 354 g/mol. The highest BCUT2D eigenvalue weighted by atomic mass is 16.5. The second kappa shape index (κ2) is 7.01. The van der Waals surface area contributed by atoms with Crippen LogP contribution in [0.3, 0.4) is 0 Å². The summed E-state index contributed by atoms with van der Waals surface area (Å²) in [4.78, 5) is 21.3. The van der Waals surface area contributed by atoms with Gasteiger partial charge in [0.05, 0.1) is 24.8 Å². The third-order valence-electron chi connectivity index (χ3n) is 5.28. The third kappa shape index (κ3) is 3.10. The predicted molar refractivity (Wildman–Crippen MR) is 104 cm³/mol. The average molecular weight is 373 g/mol. The molecule has 1 aromatic carbocycles. The minimum atomic E-state index is -0.120. The Labute approximate surface area is 161 Å². The van der Waals surface area contributed by atoms with Crippen molar-refractivity contribution in [3.63, 3.8) is 0 Å². The van der Waals surface area contributed by atoms with Gasteiger partial charge in [-0.25, -0.2) is 9.50 Å². The Kier molecular flexibility index (Phi) is 4.21. The van der Waals surface area contributed by atoms with Crippen LogP contribution in [0.15, 0.2) is 61.2 Å². The molecule has 0 bridgehead atoms. The minimum absolute atomic E-state index is 0.0338. The summed E-state index contributed by atoms with van der Waals surface area (Å²) in [5, 5.41) is 8.34. The summed E-state index contributed by atoms with van der Waals surface area (Å²) in [5.74, 6) is 0.0946. The first kappa shape index (κ1) is 16.8. The van der Waals surface area contributed by atoms with Gasteiger partial charge in [-0.3, -0.25) is 9.78 Å². The molecule has 28 heavy (non-hydrogen) atoms. The number of hydrogen-bond acceptors (Lipinski definition) is 5. The Hall–Kier alpha value is -3.32. The molecule has 4 aromatic rings. The van der Waals surface area contributed by atoms with Crippen molar-refractivity contribution in [2.45, 2.75) is 12.5 Å². The molecule has 5 rings (SSSR count). The second-order valence-electron chi connectivity index (χ2n) is 7.05. The molecule has 0 radical (unpaired) electrons. The lowest BCUT2D eigenvalue weighted by Crippen LogP contribution is -2.40. The van der Waals surface area contributed by atoms with Gasteiger partial charge in [-0.15, -0.1) is 0 Å². The van der Waals surface area contributed by atoms with Crippen LogP contribution in [0.4, 0.5) is 0 Å². The summed E-state index contributed by atoms with van der Waals surface area (Å²) in [6.07, 6.45) is 5.88. The molecular formula is C21H19N5O2. The van der Waals surface area contributed by atoms with Crippen LogP contribution in [0.25, 0.3) is 16.6 Å². The predicted octanol–water partition coefficient (Wildman–Crippen LogP) is 2.26. The molecule has 3 aromatic heterocycles. The Morgan fingerprint density at radius 2 is 2.11 bits per heavy atom. The zero-order chi connectivity index (χ0) is 18.9. The quantitative estimate of drug-likeness (QED) is 0.593. The van der Waals surface area contributed by atoms with Crippen molar-refractivity contribution >= 4 is 22.5 Å². The van der Waals surface area contributed by atoms with Crippen molar-refractivity contribution < 1.29 is 9.53 Å². The van der Waals surface area contributed by atoms with Crippen molar-refractivity contribution in [1.29, 1.82) is 0 Å². The van der Waals surface area contributed by atoms with E-state index < -0.39 is 0 Å². The summed E-state index contributed by atoms with van der Waals surface area (Å²) in [5.41, 5.74) is 3.43. The Morgan fingerprint density at radius 3 is 3.07 bits per heavy atom. The Bertz CT molecular complexity index is 1150. The van der Waals surface area contributed by atoms with Gasteiger partial charge in [0.15, 0.2) is 5.65 Å². The summed E-state index contributed by atoms with van der Waals surface area (Å²) >= 11 is 0. The van der Waals surface area contributed by atoms with Crippen molar-refractivity contribution in [3.05, 3.63) is 72.3 Å². The van der Waals surface area contributed by atoms with Gasteiger partial charge in [-0.05, 0) is 36.2 Å². The van der Waals surface area contributed by atoms with E-state index >= 15 is 0 Å². The number of hydrogen-bond donors (Lipinski definition) is 1. The number of rotatable bonds is 4. The molecule has 2 atom stereocenters. The molecule has 0 saturated carbocycles. The first-order chi connectivity index (χ1) is 13.8. The largest absolute Gasteiger partial charge is 0.379 e. The molecule has 0 aliphatic carbocycles. The van der Waals surface area contributed by atoms with Crippen molar-refractivity contribution in [1.82, 2.24) is 24.9 Å². The van der Waals surface area contributed by atoms with Gasteiger partial charge in [0.1, 0.15) is 6.33 Å². The van der Waals surface area contributed by atoms with Gasteiger partial charge in [0.2, 0.25) is 0 Å². The van der Waals surface area contributed by atoms with Gasteiger partial charge < -0.3 is 10.1 Å². The molecule has 0 unspecified atom stereocenters. The molecule has 1 aliphatic heterocycles. The second-order valence-corrected chi connectivity index (χ2v) is 7.05. The molecule has 1 N–H and O–H groups in total. The van der Waals surface area contributed by atoms with E-state index in [2.05, 4.69) is 32.5 Å². The number of carbonyl (C=O) groups excluding carboxylic acids is 1. The number of benzene rings is 1. The van der Waals surface area contributed by atoms with Crippen LogP contribution in [-0.4, -0.2) is 44.7 Å². The number of fused-ring (bicyclic) bond motifs is 2. The van der Waals surface area contributed by atoms with Crippen LogP contribution in [-0.2, 0) is 11.2 Å². The number of aromatic nitrogens is 4. The van der Waals surface area contributed by atoms with E-state index in [0.29, 0.717) is 24.4 Å². The number of carbonyl (C=O) groups is 1. The van der Waals surface area contributed by atoms with Crippen LogP contribution in [0.2, 0.25) is 0 Å². The molecule has 140 valence electrons. The van der Waals surface area contributed by atoms with Crippen molar-refractivity contribution in [2.75, 3.05) is 13.2 Å². The molecule has 1 saturated heterocycles. The standard InChI is InChI=1S/C21H19N5O2/c27-21(15-6-8-26-20(10-15)23-13-24-26)25-19-12-28-11-16(19)9-14-5-7-22-18-4-2-1-3-17(14)18/h1-8,10,13,16,19H,9,11-12H2,(H,25,27)/t16-,19-/m1/s1. The van der Waals surface area contributed by atoms with Gasteiger partial charge in [-0.1, -0.05) is 18.2 Å². The molecule has 7 nitrogen and oxygen atoms in total. The van der Waals surface area contributed by atoms with Crippen molar-refractivity contribution in [3.8, 4) is 0 Å². The summed E-state index contributed by atoms with van der Waals surface area (Å²) < 4.78 is 7.32. The average Bonchev–Trinajstić information content (AvgIpc) is 3.37. The van der Waals surface area contributed by atoms with Gasteiger partial charge in [-0.2, -0.15) is 5.10 Å². The fraction of sp³-hybridized carbons (Fsp3) is 0.238. The zero-order valence-corrected chi connectivity index (χ0v) is 15.2. The number of nitrogens with zero attached hydrogens (tertiary/aromatic N) is 4. The maximum atomic E-state index is 12.7.